The molecule has 1 aliphatic carbocycles. The van der Waals surface area contributed by atoms with Gasteiger partial charge in [0.25, 0.3) is 10.0 Å². The molecule has 1 aliphatic rings. The van der Waals surface area contributed by atoms with Crippen LogP contribution < -0.4 is 10.5 Å². The van der Waals surface area contributed by atoms with E-state index < -0.39 is 10.0 Å². The van der Waals surface area contributed by atoms with E-state index in [0.29, 0.717) is 6.54 Å². The van der Waals surface area contributed by atoms with Gasteiger partial charge in [0, 0.05) is 12.7 Å². The molecule has 1 aromatic heterocycles. The summed E-state index contributed by atoms with van der Waals surface area (Å²) in [6, 6.07) is 3.16. The molecule has 3 N–H and O–H groups in total. The maximum Gasteiger partial charge on any atom is 0.260 e. The molecule has 0 radical (unpaired) electrons. The number of nitrogens with two attached hydrogens (primary N) is 1. The summed E-state index contributed by atoms with van der Waals surface area (Å²) in [6.07, 6.45) is 5.78. The number of sulfonamides is 1. The van der Waals surface area contributed by atoms with Gasteiger partial charge in [-0.2, -0.15) is 0 Å². The number of aromatic nitrogens is 1. The van der Waals surface area contributed by atoms with Gasteiger partial charge in [0.15, 0.2) is 5.03 Å². The molecule has 0 amide bonds. The van der Waals surface area contributed by atoms with E-state index in [0.717, 1.165) is 19.3 Å². The van der Waals surface area contributed by atoms with Crippen molar-refractivity contribution in [3.63, 3.8) is 0 Å². The summed E-state index contributed by atoms with van der Waals surface area (Å²) >= 11 is 0. The number of nitrogens with zero attached hydrogens (tertiary/aromatic N) is 1. The summed E-state index contributed by atoms with van der Waals surface area (Å²) in [4.78, 5) is 3.84. The topological polar surface area (TPSA) is 85.1 Å². The summed E-state index contributed by atoms with van der Waals surface area (Å²) in [5.41, 5.74) is 5.96. The van der Waals surface area contributed by atoms with Crippen molar-refractivity contribution < 1.29 is 8.42 Å². The van der Waals surface area contributed by atoms with Crippen LogP contribution in [0.4, 0.5) is 5.69 Å². The molecule has 18 heavy (non-hydrogen) atoms. The van der Waals surface area contributed by atoms with E-state index in [2.05, 4.69) is 16.6 Å². The van der Waals surface area contributed by atoms with E-state index in [-0.39, 0.29) is 16.1 Å². The Morgan fingerprint density at radius 2 is 2.22 bits per heavy atom. The van der Waals surface area contributed by atoms with Crippen molar-refractivity contribution >= 4 is 15.7 Å². The third-order valence-electron chi connectivity index (χ3n) is 3.86. The monoisotopic (exact) mass is 269 g/mol. The van der Waals surface area contributed by atoms with Crippen molar-refractivity contribution in [2.24, 2.45) is 5.41 Å². The fourth-order valence-corrected chi connectivity index (χ4v) is 3.49. The molecule has 1 aromatic rings. The molecule has 0 aromatic carbocycles. The van der Waals surface area contributed by atoms with Crippen LogP contribution in [0.3, 0.4) is 0 Å². The number of nitrogens with one attached hydrogen (secondary N) is 1. The van der Waals surface area contributed by atoms with Gasteiger partial charge in [-0.15, -0.1) is 0 Å². The first-order chi connectivity index (χ1) is 8.49. The van der Waals surface area contributed by atoms with E-state index in [1.54, 1.807) is 12.1 Å². The zero-order valence-corrected chi connectivity index (χ0v) is 11.3. The minimum atomic E-state index is -3.60. The quantitative estimate of drug-likeness (QED) is 0.848. The van der Waals surface area contributed by atoms with E-state index in [9.17, 15) is 8.42 Å². The van der Waals surface area contributed by atoms with Crippen LogP contribution in [0.2, 0.25) is 0 Å². The largest absolute Gasteiger partial charge is 0.396 e. The minimum absolute atomic E-state index is 0.0735. The van der Waals surface area contributed by atoms with Crippen molar-refractivity contribution in [3.8, 4) is 0 Å². The molecule has 1 saturated carbocycles. The molecule has 0 saturated heterocycles. The summed E-state index contributed by atoms with van der Waals surface area (Å²) in [5.74, 6) is 0. The van der Waals surface area contributed by atoms with E-state index in [1.165, 1.54) is 12.6 Å². The van der Waals surface area contributed by atoms with Gasteiger partial charge in [-0.1, -0.05) is 13.3 Å². The lowest BCUT2D eigenvalue weighted by molar-refractivity contribution is 0.133. The SMILES string of the molecule is CCC1(CNS(=O)(=O)c2ncccc2N)CCC1. The molecule has 1 heterocycles. The van der Waals surface area contributed by atoms with Crippen LogP contribution in [0, 0.1) is 5.41 Å². The molecule has 0 aliphatic heterocycles. The zero-order valence-electron chi connectivity index (χ0n) is 10.5. The number of rotatable bonds is 5. The van der Waals surface area contributed by atoms with Crippen LogP contribution in [0.15, 0.2) is 23.4 Å². The van der Waals surface area contributed by atoms with Crippen LogP contribution in [0.25, 0.3) is 0 Å². The maximum absolute atomic E-state index is 12.1. The normalized spacial score (nSPS) is 18.3. The lowest BCUT2D eigenvalue weighted by Gasteiger charge is -2.41. The van der Waals surface area contributed by atoms with Gasteiger partial charge < -0.3 is 5.73 Å². The third kappa shape index (κ3) is 2.49. The summed E-state index contributed by atoms with van der Waals surface area (Å²) < 4.78 is 26.8. The van der Waals surface area contributed by atoms with Crippen LogP contribution in [0.1, 0.15) is 32.6 Å². The van der Waals surface area contributed by atoms with Gasteiger partial charge in [-0.25, -0.2) is 18.1 Å². The van der Waals surface area contributed by atoms with Crippen molar-refractivity contribution in [1.29, 1.82) is 0 Å². The van der Waals surface area contributed by atoms with Crippen molar-refractivity contribution in [2.75, 3.05) is 12.3 Å². The predicted molar refractivity (Wildman–Crippen MR) is 70.4 cm³/mol. The average Bonchev–Trinajstić information content (AvgIpc) is 2.28. The Kier molecular flexibility index (Phi) is 3.59. The van der Waals surface area contributed by atoms with E-state index in [4.69, 9.17) is 5.73 Å². The molecule has 0 unspecified atom stereocenters. The van der Waals surface area contributed by atoms with Gasteiger partial charge in [0.2, 0.25) is 0 Å². The maximum atomic E-state index is 12.1. The summed E-state index contributed by atoms with van der Waals surface area (Å²) in [5, 5.41) is -0.0735. The highest BCUT2D eigenvalue weighted by Crippen LogP contribution is 2.43. The second-order valence-electron chi connectivity index (χ2n) is 4.93. The molecule has 0 spiro atoms. The predicted octanol–water partition coefficient (Wildman–Crippen LogP) is 1.52. The molecule has 5 nitrogen and oxygen atoms in total. The highest BCUT2D eigenvalue weighted by Gasteiger charge is 2.36. The zero-order chi connectivity index (χ0) is 13.2. The Morgan fingerprint density at radius 3 is 2.72 bits per heavy atom. The lowest BCUT2D eigenvalue weighted by atomic mass is 9.67. The first kappa shape index (κ1) is 13.3. The Balaban J connectivity index is 2.11. The van der Waals surface area contributed by atoms with E-state index >= 15 is 0 Å². The first-order valence-electron chi connectivity index (χ1n) is 6.19. The van der Waals surface area contributed by atoms with Crippen LogP contribution in [-0.4, -0.2) is 19.9 Å². The van der Waals surface area contributed by atoms with Crippen LogP contribution >= 0.6 is 0 Å². The Hall–Kier alpha value is -1.14. The minimum Gasteiger partial charge on any atom is -0.396 e. The standard InChI is InChI=1S/C12H19N3O2S/c1-2-12(6-4-7-12)9-15-18(16,17)11-10(13)5-3-8-14-11/h3,5,8,15H,2,4,6-7,9,13H2,1H3. The number of hydrogen-bond donors (Lipinski definition) is 2. The highest BCUT2D eigenvalue weighted by molar-refractivity contribution is 7.89. The molecule has 0 atom stereocenters. The third-order valence-corrected chi connectivity index (χ3v) is 5.23. The van der Waals surface area contributed by atoms with E-state index in [1.807, 2.05) is 0 Å². The van der Waals surface area contributed by atoms with Gasteiger partial charge in [0.05, 0.1) is 5.69 Å². The van der Waals surface area contributed by atoms with Gasteiger partial charge >= 0.3 is 0 Å². The number of nitrogen functional groups attached to an aromatic ring is 1. The van der Waals surface area contributed by atoms with Crippen LogP contribution in [-0.2, 0) is 10.0 Å². The van der Waals surface area contributed by atoms with Crippen molar-refractivity contribution in [2.45, 2.75) is 37.6 Å². The Labute approximate surface area is 108 Å². The molecule has 6 heteroatoms. The van der Waals surface area contributed by atoms with Crippen LogP contribution in [0.5, 0.6) is 0 Å². The fraction of sp³-hybridized carbons (Fsp3) is 0.583. The molecular formula is C12H19N3O2S. The smallest absolute Gasteiger partial charge is 0.260 e. The molecule has 0 bridgehead atoms. The average molecular weight is 269 g/mol. The van der Waals surface area contributed by atoms with Gasteiger partial charge in [-0.3, -0.25) is 0 Å². The Morgan fingerprint density at radius 1 is 1.50 bits per heavy atom. The molecular weight excluding hydrogens is 250 g/mol. The molecule has 100 valence electrons. The molecule has 1 fully saturated rings. The highest BCUT2D eigenvalue weighted by atomic mass is 32.2. The lowest BCUT2D eigenvalue weighted by Crippen LogP contribution is -2.41. The summed E-state index contributed by atoms with van der Waals surface area (Å²) in [7, 11) is -3.60. The number of anilines is 1. The Bertz CT molecular complexity index is 518. The number of pyridine rings is 1. The summed E-state index contributed by atoms with van der Waals surface area (Å²) in [6.45, 7) is 2.57. The fourth-order valence-electron chi connectivity index (χ4n) is 2.28. The number of hydrogen-bond acceptors (Lipinski definition) is 4. The first-order valence-corrected chi connectivity index (χ1v) is 7.68. The van der Waals surface area contributed by atoms with Gasteiger partial charge in [-0.05, 0) is 36.8 Å². The second kappa shape index (κ2) is 4.85. The second-order valence-corrected chi connectivity index (χ2v) is 6.61. The van der Waals surface area contributed by atoms with Crippen molar-refractivity contribution in [1.82, 2.24) is 9.71 Å². The molecule has 2 rings (SSSR count). The van der Waals surface area contributed by atoms with Gasteiger partial charge in [0.1, 0.15) is 0 Å². The van der Waals surface area contributed by atoms with Crippen molar-refractivity contribution in [3.05, 3.63) is 18.3 Å².